The second-order valence-electron chi connectivity index (χ2n) is 7.50. The zero-order valence-electron chi connectivity index (χ0n) is 12.4. The Labute approximate surface area is 126 Å². The predicted molar refractivity (Wildman–Crippen MR) is 82.3 cm³/mol. The van der Waals surface area contributed by atoms with Crippen molar-refractivity contribution >= 4 is 11.6 Å². The van der Waals surface area contributed by atoms with Crippen LogP contribution >= 0.6 is 11.6 Å². The second kappa shape index (κ2) is 4.40. The zero-order chi connectivity index (χ0) is 13.9. The lowest BCUT2D eigenvalue weighted by Crippen LogP contribution is -2.59. The molecule has 1 nitrogen and oxygen atoms in total. The normalized spacial score (nSPS) is 42.0. The van der Waals surface area contributed by atoms with Crippen molar-refractivity contribution < 1.29 is 4.74 Å². The summed E-state index contributed by atoms with van der Waals surface area (Å²) >= 11 is 6.06. The Morgan fingerprint density at radius 2 is 1.65 bits per heavy atom. The van der Waals surface area contributed by atoms with Gasteiger partial charge in [-0.2, -0.15) is 0 Å². The van der Waals surface area contributed by atoms with E-state index in [1.165, 1.54) is 32.1 Å². The molecular weight excluding hydrogens is 268 g/mol. The molecule has 0 aromatic heterocycles. The number of ether oxygens (including phenoxy) is 1. The molecule has 0 atom stereocenters. The predicted octanol–water partition coefficient (Wildman–Crippen LogP) is 5.24. The highest BCUT2D eigenvalue weighted by Gasteiger charge is 2.56. The first-order valence-electron chi connectivity index (χ1n) is 8.00. The smallest absolute Gasteiger partial charge is 0.123 e. The Morgan fingerprint density at radius 3 is 2.20 bits per heavy atom. The van der Waals surface area contributed by atoms with Crippen molar-refractivity contribution in [1.29, 1.82) is 0 Å². The second-order valence-corrected chi connectivity index (χ2v) is 7.94. The van der Waals surface area contributed by atoms with Gasteiger partial charge >= 0.3 is 0 Å². The third-order valence-corrected chi connectivity index (χ3v) is 6.46. The van der Waals surface area contributed by atoms with Crippen LogP contribution in [0.2, 0.25) is 5.02 Å². The molecule has 20 heavy (non-hydrogen) atoms. The first-order valence-corrected chi connectivity index (χ1v) is 8.37. The van der Waals surface area contributed by atoms with Gasteiger partial charge in [-0.05, 0) is 93.4 Å². The minimum Gasteiger partial charge on any atom is -0.487 e. The molecule has 4 aliphatic carbocycles. The van der Waals surface area contributed by atoms with E-state index in [1.54, 1.807) is 0 Å². The van der Waals surface area contributed by atoms with Crippen LogP contribution in [0.1, 0.15) is 44.6 Å². The minimum atomic E-state index is 0.0476. The molecule has 0 saturated heterocycles. The molecule has 2 heteroatoms. The van der Waals surface area contributed by atoms with Gasteiger partial charge in [0.2, 0.25) is 0 Å². The monoisotopic (exact) mass is 290 g/mol. The van der Waals surface area contributed by atoms with Crippen molar-refractivity contribution in [2.75, 3.05) is 0 Å². The number of halogens is 1. The summed E-state index contributed by atoms with van der Waals surface area (Å²) in [4.78, 5) is 0. The highest BCUT2D eigenvalue weighted by atomic mass is 35.5. The van der Waals surface area contributed by atoms with Crippen LogP contribution in [0.4, 0.5) is 0 Å². The average Bonchev–Trinajstić information content (AvgIpc) is 2.39. The lowest BCUT2D eigenvalue weighted by atomic mass is 9.50. The van der Waals surface area contributed by atoms with Crippen LogP contribution in [-0.2, 0) is 0 Å². The Kier molecular flexibility index (Phi) is 2.86. The van der Waals surface area contributed by atoms with Gasteiger partial charge in [0.1, 0.15) is 11.4 Å². The average molecular weight is 291 g/mol. The van der Waals surface area contributed by atoms with Crippen molar-refractivity contribution in [3.05, 3.63) is 28.8 Å². The van der Waals surface area contributed by atoms with E-state index in [4.69, 9.17) is 16.3 Å². The van der Waals surface area contributed by atoms with E-state index in [9.17, 15) is 0 Å². The van der Waals surface area contributed by atoms with Gasteiger partial charge in [0, 0.05) is 5.02 Å². The van der Waals surface area contributed by atoms with E-state index in [0.29, 0.717) is 0 Å². The van der Waals surface area contributed by atoms with Crippen LogP contribution < -0.4 is 4.74 Å². The van der Waals surface area contributed by atoms with Crippen LogP contribution in [0, 0.1) is 30.6 Å². The third-order valence-electron chi connectivity index (χ3n) is 6.23. The van der Waals surface area contributed by atoms with Gasteiger partial charge in [0.15, 0.2) is 0 Å². The summed E-state index contributed by atoms with van der Waals surface area (Å²) in [6, 6.07) is 6.01. The zero-order valence-corrected chi connectivity index (χ0v) is 13.1. The largest absolute Gasteiger partial charge is 0.487 e. The van der Waals surface area contributed by atoms with Crippen molar-refractivity contribution in [2.24, 2.45) is 23.7 Å². The Balaban J connectivity index is 1.64. The summed E-state index contributed by atoms with van der Waals surface area (Å²) in [5, 5.41) is 0.796. The van der Waals surface area contributed by atoms with Crippen LogP contribution in [0.15, 0.2) is 18.2 Å². The van der Waals surface area contributed by atoms with Crippen molar-refractivity contribution in [3.8, 4) is 5.75 Å². The lowest BCUT2D eigenvalue weighted by Gasteiger charge is -2.59. The molecule has 1 aromatic rings. The fourth-order valence-electron chi connectivity index (χ4n) is 5.25. The highest BCUT2D eigenvalue weighted by molar-refractivity contribution is 6.30. The van der Waals surface area contributed by atoms with Crippen LogP contribution in [-0.4, -0.2) is 5.60 Å². The van der Waals surface area contributed by atoms with Gasteiger partial charge in [-0.1, -0.05) is 11.6 Å². The SMILES string of the molecule is Cc1cc(Cl)ccc1OC1(C)C2CC3CC(C2)CC1C3. The quantitative estimate of drug-likeness (QED) is 0.723. The topological polar surface area (TPSA) is 9.23 Å². The van der Waals surface area contributed by atoms with Crippen LogP contribution in [0.3, 0.4) is 0 Å². The number of benzene rings is 1. The summed E-state index contributed by atoms with van der Waals surface area (Å²) in [7, 11) is 0. The third kappa shape index (κ3) is 1.89. The minimum absolute atomic E-state index is 0.0476. The molecular formula is C18H23ClO. The van der Waals surface area contributed by atoms with Gasteiger partial charge in [-0.15, -0.1) is 0 Å². The van der Waals surface area contributed by atoms with Gasteiger partial charge < -0.3 is 4.74 Å². The molecule has 4 aliphatic rings. The lowest BCUT2D eigenvalue weighted by molar-refractivity contribution is -0.145. The highest BCUT2D eigenvalue weighted by Crippen LogP contribution is 2.59. The molecule has 0 radical (unpaired) electrons. The maximum absolute atomic E-state index is 6.61. The molecule has 0 aliphatic heterocycles. The Morgan fingerprint density at radius 1 is 1.05 bits per heavy atom. The molecule has 4 saturated carbocycles. The molecule has 4 bridgehead atoms. The molecule has 0 N–H and O–H groups in total. The number of hydrogen-bond donors (Lipinski definition) is 0. The molecule has 0 spiro atoms. The maximum atomic E-state index is 6.61. The fraction of sp³-hybridized carbons (Fsp3) is 0.667. The molecule has 5 rings (SSSR count). The van der Waals surface area contributed by atoms with Gasteiger partial charge in [-0.3, -0.25) is 0 Å². The van der Waals surface area contributed by atoms with Crippen molar-refractivity contribution in [3.63, 3.8) is 0 Å². The first kappa shape index (κ1) is 13.0. The summed E-state index contributed by atoms with van der Waals surface area (Å²) in [6.45, 7) is 4.47. The summed E-state index contributed by atoms with van der Waals surface area (Å²) in [5.41, 5.74) is 1.21. The summed E-state index contributed by atoms with van der Waals surface area (Å²) in [5.74, 6) is 4.52. The van der Waals surface area contributed by atoms with Gasteiger partial charge in [-0.25, -0.2) is 0 Å². The molecule has 1 aromatic carbocycles. The molecule has 0 heterocycles. The molecule has 4 fully saturated rings. The molecule has 0 amide bonds. The van der Waals surface area contributed by atoms with Gasteiger partial charge in [0.05, 0.1) is 0 Å². The van der Waals surface area contributed by atoms with E-state index in [0.717, 1.165) is 40.0 Å². The number of aryl methyl sites for hydroxylation is 1. The number of hydrogen-bond acceptors (Lipinski definition) is 1. The van der Waals surface area contributed by atoms with E-state index in [-0.39, 0.29) is 5.60 Å². The Hall–Kier alpha value is -0.690. The van der Waals surface area contributed by atoms with E-state index in [1.807, 2.05) is 18.2 Å². The van der Waals surface area contributed by atoms with Gasteiger partial charge in [0.25, 0.3) is 0 Å². The maximum Gasteiger partial charge on any atom is 0.123 e. The fourth-order valence-corrected chi connectivity index (χ4v) is 5.48. The molecule has 108 valence electrons. The molecule has 0 unspecified atom stereocenters. The first-order chi connectivity index (χ1) is 9.54. The summed E-state index contributed by atoms with van der Waals surface area (Å²) < 4.78 is 6.61. The Bertz CT molecular complexity index is 508. The van der Waals surface area contributed by atoms with Crippen LogP contribution in [0.5, 0.6) is 5.75 Å². The van der Waals surface area contributed by atoms with Crippen LogP contribution in [0.25, 0.3) is 0 Å². The summed E-state index contributed by atoms with van der Waals surface area (Å²) in [6.07, 6.45) is 7.03. The van der Waals surface area contributed by atoms with Crippen molar-refractivity contribution in [2.45, 2.75) is 51.6 Å². The van der Waals surface area contributed by atoms with E-state index >= 15 is 0 Å². The van der Waals surface area contributed by atoms with Crippen molar-refractivity contribution in [1.82, 2.24) is 0 Å². The number of rotatable bonds is 2. The standard InChI is InChI=1S/C18H23ClO/c1-11-5-16(19)3-4-17(11)20-18(2)14-7-12-6-13(9-14)10-15(18)8-12/h3-5,12-15H,6-10H2,1-2H3. The van der Waals surface area contributed by atoms with E-state index < -0.39 is 0 Å². The van der Waals surface area contributed by atoms with E-state index in [2.05, 4.69) is 13.8 Å².